The molecule has 0 bridgehead atoms. The zero-order valence-corrected chi connectivity index (χ0v) is 16.1. The van der Waals surface area contributed by atoms with Gasteiger partial charge >= 0.3 is 6.18 Å². The molecule has 0 radical (unpaired) electrons. The largest absolute Gasteiger partial charge is 0.434 e. The second-order valence-corrected chi connectivity index (χ2v) is 6.69. The van der Waals surface area contributed by atoms with Gasteiger partial charge in [-0.3, -0.25) is 9.78 Å². The first-order valence-corrected chi connectivity index (χ1v) is 9.32. The van der Waals surface area contributed by atoms with E-state index in [4.69, 9.17) is 0 Å². The molecule has 5 aromatic rings. The number of para-hydroxylation sites is 1. The van der Waals surface area contributed by atoms with Crippen molar-refractivity contribution >= 4 is 28.2 Å². The van der Waals surface area contributed by atoms with Crippen LogP contribution in [0.15, 0.2) is 71.8 Å². The van der Waals surface area contributed by atoms with E-state index in [2.05, 4.69) is 30.4 Å². The number of fused-ring (bicyclic) bond motifs is 3. The first-order valence-electron chi connectivity index (χ1n) is 9.32. The predicted octanol–water partition coefficient (Wildman–Crippen LogP) is 3.86. The van der Waals surface area contributed by atoms with Crippen LogP contribution in [0, 0.1) is 0 Å². The molecule has 0 unspecified atom stereocenters. The van der Waals surface area contributed by atoms with E-state index in [1.807, 2.05) is 0 Å². The number of alkyl halides is 3. The van der Waals surface area contributed by atoms with Crippen LogP contribution in [0.1, 0.15) is 5.69 Å². The number of nitrogens with zero attached hydrogens (tertiary/aromatic N) is 6. The summed E-state index contributed by atoms with van der Waals surface area (Å²) in [6.07, 6.45) is -2.27. The lowest BCUT2D eigenvalue weighted by Crippen LogP contribution is -2.12. The fourth-order valence-electron chi connectivity index (χ4n) is 3.23. The Morgan fingerprint density at radius 3 is 2.50 bits per heavy atom. The number of aromatic nitrogens is 6. The van der Waals surface area contributed by atoms with Crippen LogP contribution in [-0.2, 0) is 6.18 Å². The molecule has 11 heteroatoms. The molecule has 32 heavy (non-hydrogen) atoms. The molecule has 158 valence electrons. The Morgan fingerprint density at radius 1 is 0.875 bits per heavy atom. The predicted molar refractivity (Wildman–Crippen MR) is 110 cm³/mol. The van der Waals surface area contributed by atoms with E-state index in [-0.39, 0.29) is 28.7 Å². The average molecular weight is 435 g/mol. The highest BCUT2D eigenvalue weighted by molar-refractivity contribution is 5.93. The molecule has 5 rings (SSSR count). The van der Waals surface area contributed by atoms with E-state index in [1.165, 1.54) is 28.9 Å². The van der Waals surface area contributed by atoms with Gasteiger partial charge in [0.25, 0.3) is 5.56 Å². The minimum atomic E-state index is -4.68. The molecule has 0 saturated carbocycles. The first-order chi connectivity index (χ1) is 15.4. The van der Waals surface area contributed by atoms with Gasteiger partial charge in [0.1, 0.15) is 5.69 Å². The molecular weight excluding hydrogens is 423 g/mol. The molecule has 1 N–H and O–H groups in total. The smallest absolute Gasteiger partial charge is 0.319 e. The standard InChI is InChI=1S/C21H12F3N7O/c22-21(23,24)16-13(7-5-11-25-16)17-29-18-12-6-1-2-8-14(12)27-20(31(18)30-17)28-15-9-3-4-10-26-19(15)32/h1-11H,(H,26,27,28,32). The summed E-state index contributed by atoms with van der Waals surface area (Å²) in [7, 11) is 0. The van der Waals surface area contributed by atoms with Crippen LogP contribution in [0.2, 0.25) is 0 Å². The monoisotopic (exact) mass is 435 g/mol. The van der Waals surface area contributed by atoms with Gasteiger partial charge in [-0.25, -0.2) is 15.0 Å². The Kier molecular flexibility index (Phi) is 4.51. The third kappa shape index (κ3) is 3.39. The molecule has 0 fully saturated rings. The molecule has 0 aliphatic heterocycles. The summed E-state index contributed by atoms with van der Waals surface area (Å²) in [5.41, 5.74) is -0.992. The normalized spacial score (nSPS) is 11.7. The quantitative estimate of drug-likeness (QED) is 0.460. The summed E-state index contributed by atoms with van der Waals surface area (Å²) in [5.74, 6) is -0.0780. The van der Waals surface area contributed by atoms with Gasteiger partial charge in [0, 0.05) is 17.8 Å². The van der Waals surface area contributed by atoms with E-state index in [0.29, 0.717) is 10.9 Å². The zero-order valence-electron chi connectivity index (χ0n) is 16.1. The summed E-state index contributed by atoms with van der Waals surface area (Å²) in [6, 6.07) is 14.3. The van der Waals surface area contributed by atoms with Crippen LogP contribution in [0.4, 0.5) is 24.8 Å². The number of rotatable bonds is 3. The molecule has 0 spiro atoms. The minimum Gasteiger partial charge on any atom is -0.319 e. The number of benzene rings is 1. The van der Waals surface area contributed by atoms with Crippen molar-refractivity contribution in [2.24, 2.45) is 0 Å². The van der Waals surface area contributed by atoms with Crippen molar-refractivity contribution in [3.8, 4) is 11.4 Å². The fourth-order valence-corrected chi connectivity index (χ4v) is 3.23. The van der Waals surface area contributed by atoms with Crippen molar-refractivity contribution in [1.29, 1.82) is 0 Å². The molecule has 0 amide bonds. The lowest BCUT2D eigenvalue weighted by atomic mass is 10.2. The maximum absolute atomic E-state index is 13.5. The Balaban J connectivity index is 1.77. The Labute approximate surface area is 177 Å². The molecule has 8 nitrogen and oxygen atoms in total. The van der Waals surface area contributed by atoms with Gasteiger partial charge in [-0.2, -0.15) is 17.7 Å². The fraction of sp³-hybridized carbons (Fsp3) is 0.0476. The van der Waals surface area contributed by atoms with Gasteiger partial charge in [0.2, 0.25) is 5.95 Å². The van der Waals surface area contributed by atoms with Crippen molar-refractivity contribution in [3.05, 3.63) is 83.0 Å². The third-order valence-corrected chi connectivity index (χ3v) is 4.62. The van der Waals surface area contributed by atoms with Crippen molar-refractivity contribution in [3.63, 3.8) is 0 Å². The summed E-state index contributed by atoms with van der Waals surface area (Å²) < 4.78 is 41.8. The molecule has 0 aliphatic rings. The topological polar surface area (TPSA) is 98.0 Å². The number of anilines is 2. The highest BCUT2D eigenvalue weighted by Crippen LogP contribution is 2.35. The highest BCUT2D eigenvalue weighted by atomic mass is 19.4. The number of pyridine rings is 1. The van der Waals surface area contributed by atoms with E-state index < -0.39 is 17.4 Å². The van der Waals surface area contributed by atoms with Gasteiger partial charge in [0.05, 0.1) is 11.1 Å². The maximum atomic E-state index is 13.5. The van der Waals surface area contributed by atoms with Crippen LogP contribution in [0.25, 0.3) is 27.9 Å². The van der Waals surface area contributed by atoms with E-state index >= 15 is 0 Å². The van der Waals surface area contributed by atoms with E-state index in [1.54, 1.807) is 36.4 Å². The van der Waals surface area contributed by atoms with Crippen LogP contribution in [-0.4, -0.2) is 29.5 Å². The number of nitrogens with one attached hydrogen (secondary N) is 1. The van der Waals surface area contributed by atoms with Crippen LogP contribution >= 0.6 is 0 Å². The Bertz CT molecular complexity index is 1530. The average Bonchev–Trinajstić information content (AvgIpc) is 3.13. The molecule has 0 aliphatic carbocycles. The minimum absolute atomic E-state index is 0.0972. The van der Waals surface area contributed by atoms with Gasteiger partial charge in [0.15, 0.2) is 17.2 Å². The summed E-state index contributed by atoms with van der Waals surface area (Å²) in [5, 5.41) is 7.72. The Morgan fingerprint density at radius 2 is 1.66 bits per heavy atom. The SMILES string of the molecule is O=c1nccccc1Nc1nc2ccccc2c2nc(-c3cccnc3C(F)(F)F)nn12. The number of hydrogen-bond donors (Lipinski definition) is 1. The summed E-state index contributed by atoms with van der Waals surface area (Å²) in [6.45, 7) is 0. The molecular formula is C21H12F3N7O. The third-order valence-electron chi connectivity index (χ3n) is 4.62. The van der Waals surface area contributed by atoms with Gasteiger partial charge in [-0.05, 0) is 36.4 Å². The summed E-state index contributed by atoms with van der Waals surface area (Å²) in [4.78, 5) is 28.3. The van der Waals surface area contributed by atoms with Crippen LogP contribution in [0.3, 0.4) is 0 Å². The summed E-state index contributed by atoms with van der Waals surface area (Å²) >= 11 is 0. The van der Waals surface area contributed by atoms with E-state index in [0.717, 1.165) is 6.20 Å². The molecule has 4 aromatic heterocycles. The number of hydrogen-bond acceptors (Lipinski definition) is 7. The van der Waals surface area contributed by atoms with Crippen LogP contribution in [0.5, 0.6) is 0 Å². The zero-order chi connectivity index (χ0) is 22.3. The van der Waals surface area contributed by atoms with Gasteiger partial charge in [-0.15, -0.1) is 5.10 Å². The second-order valence-electron chi connectivity index (χ2n) is 6.69. The highest BCUT2D eigenvalue weighted by Gasteiger charge is 2.36. The Hall–Kier alpha value is -4.41. The van der Waals surface area contributed by atoms with E-state index in [9.17, 15) is 18.0 Å². The van der Waals surface area contributed by atoms with Crippen molar-refractivity contribution < 1.29 is 13.2 Å². The van der Waals surface area contributed by atoms with Crippen LogP contribution < -0.4 is 10.9 Å². The molecule has 0 atom stereocenters. The lowest BCUT2D eigenvalue weighted by molar-refractivity contribution is -0.140. The first kappa shape index (κ1) is 19.5. The maximum Gasteiger partial charge on any atom is 0.434 e. The molecule has 1 aromatic carbocycles. The number of halogens is 3. The van der Waals surface area contributed by atoms with Gasteiger partial charge in [-0.1, -0.05) is 18.2 Å². The molecule has 4 heterocycles. The lowest BCUT2D eigenvalue weighted by Gasteiger charge is -2.08. The van der Waals surface area contributed by atoms with Crippen molar-refractivity contribution in [2.45, 2.75) is 6.18 Å². The molecule has 0 saturated heterocycles. The van der Waals surface area contributed by atoms with Crippen molar-refractivity contribution in [1.82, 2.24) is 29.5 Å². The second kappa shape index (κ2) is 7.38. The van der Waals surface area contributed by atoms with Crippen molar-refractivity contribution in [2.75, 3.05) is 5.32 Å². The van der Waals surface area contributed by atoms with Gasteiger partial charge < -0.3 is 5.32 Å².